The van der Waals surface area contributed by atoms with Gasteiger partial charge in [-0.25, -0.2) is 9.67 Å². The molecular weight excluding hydrogens is 308 g/mol. The van der Waals surface area contributed by atoms with Crippen LogP contribution in [-0.2, 0) is 0 Å². The zero-order valence-electron chi connectivity index (χ0n) is 13.4. The van der Waals surface area contributed by atoms with E-state index in [2.05, 4.69) is 17.1 Å². The predicted molar refractivity (Wildman–Crippen MR) is 99.6 cm³/mol. The molecule has 0 N–H and O–H groups in total. The van der Waals surface area contributed by atoms with Crippen LogP contribution in [-0.4, -0.2) is 19.7 Å². The van der Waals surface area contributed by atoms with E-state index >= 15 is 0 Å². The van der Waals surface area contributed by atoms with E-state index in [1.54, 1.807) is 6.20 Å². The largest absolute Gasteiger partial charge is 0.255 e. The zero-order valence-corrected chi connectivity index (χ0v) is 13.4. The van der Waals surface area contributed by atoms with Crippen LogP contribution in [0.1, 0.15) is 0 Å². The van der Waals surface area contributed by atoms with Gasteiger partial charge in [0.1, 0.15) is 5.69 Å². The molecule has 5 rings (SSSR count). The average molecular weight is 322 g/mol. The van der Waals surface area contributed by atoms with Gasteiger partial charge in [-0.2, -0.15) is 5.10 Å². The third-order valence-corrected chi connectivity index (χ3v) is 4.30. The van der Waals surface area contributed by atoms with Gasteiger partial charge in [-0.1, -0.05) is 42.5 Å². The Labute approximate surface area is 144 Å². The van der Waals surface area contributed by atoms with Crippen LogP contribution in [0.25, 0.3) is 38.9 Å². The first-order chi connectivity index (χ1) is 12.4. The molecule has 0 aliphatic rings. The minimum absolute atomic E-state index is 0.852. The molecule has 3 heterocycles. The maximum Gasteiger partial charge on any atom is 0.111 e. The van der Waals surface area contributed by atoms with Gasteiger partial charge in [-0.15, -0.1) is 0 Å². The number of hydrogen-bond acceptors (Lipinski definition) is 3. The molecule has 25 heavy (non-hydrogen) atoms. The SMILES string of the molecule is c1ccc(-c2ccn(-c3c4ccccc4nc4ccccc34)n2)nc1. The molecule has 0 radical (unpaired) electrons. The number of pyridine rings is 2. The van der Waals surface area contributed by atoms with Gasteiger partial charge in [-0.3, -0.25) is 4.98 Å². The summed E-state index contributed by atoms with van der Waals surface area (Å²) in [6.45, 7) is 0. The van der Waals surface area contributed by atoms with Crippen molar-refractivity contribution in [2.45, 2.75) is 0 Å². The molecule has 4 nitrogen and oxygen atoms in total. The molecule has 118 valence electrons. The van der Waals surface area contributed by atoms with Crippen molar-refractivity contribution in [2.75, 3.05) is 0 Å². The average Bonchev–Trinajstić information content (AvgIpc) is 3.16. The molecule has 0 saturated carbocycles. The monoisotopic (exact) mass is 322 g/mol. The molecule has 0 amide bonds. The van der Waals surface area contributed by atoms with Gasteiger partial charge in [0.2, 0.25) is 0 Å². The fourth-order valence-corrected chi connectivity index (χ4v) is 3.16. The number of hydrogen-bond donors (Lipinski definition) is 0. The van der Waals surface area contributed by atoms with E-state index in [9.17, 15) is 0 Å². The van der Waals surface area contributed by atoms with Gasteiger partial charge in [0.25, 0.3) is 0 Å². The van der Waals surface area contributed by atoms with Crippen molar-refractivity contribution in [1.29, 1.82) is 0 Å². The lowest BCUT2D eigenvalue weighted by Crippen LogP contribution is -1.99. The van der Waals surface area contributed by atoms with E-state index in [0.29, 0.717) is 0 Å². The molecule has 0 aliphatic heterocycles. The highest BCUT2D eigenvalue weighted by molar-refractivity contribution is 6.02. The lowest BCUT2D eigenvalue weighted by atomic mass is 10.1. The number of aromatic nitrogens is 4. The second-order valence-electron chi connectivity index (χ2n) is 5.86. The summed E-state index contributed by atoms with van der Waals surface area (Å²) in [6, 6.07) is 24.2. The zero-order chi connectivity index (χ0) is 16.6. The van der Waals surface area contributed by atoms with E-state index < -0.39 is 0 Å². The summed E-state index contributed by atoms with van der Waals surface area (Å²) in [7, 11) is 0. The molecule has 5 aromatic rings. The van der Waals surface area contributed by atoms with Crippen molar-refractivity contribution in [2.24, 2.45) is 0 Å². The van der Waals surface area contributed by atoms with Gasteiger partial charge < -0.3 is 0 Å². The summed E-state index contributed by atoms with van der Waals surface area (Å²) in [6.07, 6.45) is 3.77. The van der Waals surface area contributed by atoms with Crippen LogP contribution in [0, 0.1) is 0 Å². The Bertz CT molecular complexity index is 1140. The Kier molecular flexibility index (Phi) is 3.07. The summed E-state index contributed by atoms with van der Waals surface area (Å²) in [5, 5.41) is 6.94. The van der Waals surface area contributed by atoms with Crippen LogP contribution in [0.4, 0.5) is 0 Å². The highest BCUT2D eigenvalue weighted by Gasteiger charge is 2.12. The second-order valence-corrected chi connectivity index (χ2v) is 5.86. The highest BCUT2D eigenvalue weighted by Crippen LogP contribution is 2.29. The van der Waals surface area contributed by atoms with E-state index in [-0.39, 0.29) is 0 Å². The molecule has 2 aromatic carbocycles. The van der Waals surface area contributed by atoms with E-state index in [1.807, 2.05) is 71.5 Å². The fraction of sp³-hybridized carbons (Fsp3) is 0. The van der Waals surface area contributed by atoms with Crippen LogP contribution in [0.5, 0.6) is 0 Å². The van der Waals surface area contributed by atoms with Gasteiger partial charge >= 0.3 is 0 Å². The van der Waals surface area contributed by atoms with Crippen LogP contribution in [0.3, 0.4) is 0 Å². The molecular formula is C21H14N4. The molecule has 0 atom stereocenters. The molecule has 0 spiro atoms. The molecule has 0 bridgehead atoms. The maximum atomic E-state index is 4.78. The van der Waals surface area contributed by atoms with E-state index in [0.717, 1.165) is 38.9 Å². The Morgan fingerprint density at radius 1 is 0.640 bits per heavy atom. The normalized spacial score (nSPS) is 11.2. The van der Waals surface area contributed by atoms with Crippen molar-refractivity contribution in [3.05, 3.63) is 85.2 Å². The van der Waals surface area contributed by atoms with Crippen LogP contribution in [0.15, 0.2) is 85.2 Å². The lowest BCUT2D eigenvalue weighted by molar-refractivity contribution is 0.895. The summed E-state index contributed by atoms with van der Waals surface area (Å²) in [5.74, 6) is 0. The predicted octanol–water partition coefficient (Wildman–Crippen LogP) is 4.64. The number of para-hydroxylation sites is 2. The van der Waals surface area contributed by atoms with Crippen LogP contribution < -0.4 is 0 Å². The summed E-state index contributed by atoms with van der Waals surface area (Å²) in [5.41, 5.74) is 4.69. The molecule has 0 unspecified atom stereocenters. The highest BCUT2D eigenvalue weighted by atomic mass is 15.3. The molecule has 0 saturated heterocycles. The molecule has 4 heteroatoms. The topological polar surface area (TPSA) is 43.6 Å². The summed E-state index contributed by atoms with van der Waals surface area (Å²) in [4.78, 5) is 9.17. The van der Waals surface area contributed by atoms with Crippen LogP contribution >= 0.6 is 0 Å². The molecule has 0 aliphatic carbocycles. The number of fused-ring (bicyclic) bond motifs is 2. The molecule has 0 fully saturated rings. The maximum absolute atomic E-state index is 4.78. The first kappa shape index (κ1) is 13.9. The van der Waals surface area contributed by atoms with E-state index in [1.165, 1.54) is 0 Å². The minimum Gasteiger partial charge on any atom is -0.255 e. The van der Waals surface area contributed by atoms with E-state index in [4.69, 9.17) is 10.1 Å². The van der Waals surface area contributed by atoms with Gasteiger partial charge in [0.15, 0.2) is 0 Å². The quantitative estimate of drug-likeness (QED) is 0.445. The van der Waals surface area contributed by atoms with Crippen molar-refractivity contribution in [1.82, 2.24) is 19.7 Å². The smallest absolute Gasteiger partial charge is 0.111 e. The lowest BCUT2D eigenvalue weighted by Gasteiger charge is -2.10. The standard InChI is InChI=1S/C21H14N4/c1-3-9-17-15(7-1)21(16-8-2-4-10-18(16)23-17)25-14-12-20(24-25)19-11-5-6-13-22-19/h1-14H. The fourth-order valence-electron chi connectivity index (χ4n) is 3.16. The first-order valence-electron chi connectivity index (χ1n) is 8.15. The van der Waals surface area contributed by atoms with Crippen molar-refractivity contribution in [3.8, 4) is 17.1 Å². The van der Waals surface area contributed by atoms with Gasteiger partial charge in [0.05, 0.1) is 22.4 Å². The van der Waals surface area contributed by atoms with Crippen molar-refractivity contribution >= 4 is 21.8 Å². The van der Waals surface area contributed by atoms with Crippen LogP contribution in [0.2, 0.25) is 0 Å². The third kappa shape index (κ3) is 2.27. The number of nitrogens with zero attached hydrogens (tertiary/aromatic N) is 4. The van der Waals surface area contributed by atoms with Gasteiger partial charge in [0, 0.05) is 23.2 Å². The first-order valence-corrected chi connectivity index (χ1v) is 8.15. The summed E-state index contributed by atoms with van der Waals surface area (Å²) >= 11 is 0. The Morgan fingerprint density at radius 2 is 1.32 bits per heavy atom. The Hall–Kier alpha value is -3.53. The van der Waals surface area contributed by atoms with Gasteiger partial charge in [-0.05, 0) is 30.3 Å². The summed E-state index contributed by atoms with van der Waals surface area (Å²) < 4.78 is 1.93. The van der Waals surface area contributed by atoms with Crippen molar-refractivity contribution < 1.29 is 0 Å². The number of benzene rings is 2. The third-order valence-electron chi connectivity index (χ3n) is 4.30. The second kappa shape index (κ2) is 5.53. The molecule has 3 aromatic heterocycles. The Morgan fingerprint density at radius 3 is 2.00 bits per heavy atom. The minimum atomic E-state index is 0.852. The number of rotatable bonds is 2. The van der Waals surface area contributed by atoms with Crippen molar-refractivity contribution in [3.63, 3.8) is 0 Å². The Balaban J connectivity index is 1.81.